The Kier molecular flexibility index (Phi) is 3.01. The topological polar surface area (TPSA) is 23.8 Å². The normalized spacial score (nSPS) is 17.1. The summed E-state index contributed by atoms with van der Waals surface area (Å²) < 4.78 is 0. The Morgan fingerprint density at radius 2 is 1.81 bits per heavy atom. The number of nitriles is 1. The van der Waals surface area contributed by atoms with Gasteiger partial charge in [0.1, 0.15) is 0 Å². The molecule has 0 aromatic heterocycles. The maximum atomic E-state index is 9.45. The second-order valence-corrected chi connectivity index (χ2v) is 5.45. The summed E-state index contributed by atoms with van der Waals surface area (Å²) in [5.74, 6) is 0.689. The molecule has 0 unspecified atom stereocenters. The van der Waals surface area contributed by atoms with Crippen LogP contribution in [0.25, 0.3) is 0 Å². The van der Waals surface area contributed by atoms with E-state index in [1.165, 1.54) is 11.1 Å². The van der Waals surface area contributed by atoms with Crippen molar-refractivity contribution in [2.24, 2.45) is 11.3 Å². The molecule has 1 aliphatic rings. The first kappa shape index (κ1) is 11.2. The van der Waals surface area contributed by atoms with E-state index in [9.17, 15) is 5.26 Å². The number of nitrogens with zero attached hydrogens (tertiary/aromatic N) is 1. The molecule has 0 saturated heterocycles. The van der Waals surface area contributed by atoms with Crippen molar-refractivity contribution in [2.75, 3.05) is 0 Å². The lowest BCUT2D eigenvalue weighted by atomic mass is 9.80. The van der Waals surface area contributed by atoms with E-state index in [0.29, 0.717) is 5.92 Å². The van der Waals surface area contributed by atoms with Gasteiger partial charge in [0.15, 0.2) is 0 Å². The molecule has 1 aliphatic carbocycles. The maximum absolute atomic E-state index is 9.45. The number of fused-ring (bicyclic) bond motifs is 1. The van der Waals surface area contributed by atoms with Gasteiger partial charge in [-0.05, 0) is 42.7 Å². The Bertz CT molecular complexity index is 387. The third kappa shape index (κ3) is 2.11. The molecule has 0 bridgehead atoms. The van der Waals surface area contributed by atoms with Crippen LogP contribution in [0.2, 0.25) is 0 Å². The van der Waals surface area contributed by atoms with Crippen LogP contribution in [0.4, 0.5) is 0 Å². The molecule has 2 rings (SSSR count). The van der Waals surface area contributed by atoms with Crippen LogP contribution in [0.5, 0.6) is 0 Å². The first-order valence-electron chi connectivity index (χ1n) is 6.13. The molecule has 0 fully saturated rings. The molecule has 0 N–H and O–H groups in total. The van der Waals surface area contributed by atoms with Gasteiger partial charge in [-0.1, -0.05) is 38.1 Å². The van der Waals surface area contributed by atoms with Crippen LogP contribution in [-0.4, -0.2) is 0 Å². The molecule has 0 aliphatic heterocycles. The molecule has 0 spiro atoms. The zero-order chi connectivity index (χ0) is 11.6. The van der Waals surface area contributed by atoms with Gasteiger partial charge in [0.25, 0.3) is 0 Å². The number of hydrogen-bond acceptors (Lipinski definition) is 1. The minimum Gasteiger partial charge on any atom is -0.198 e. The zero-order valence-electron chi connectivity index (χ0n) is 10.2. The Morgan fingerprint density at radius 3 is 2.25 bits per heavy atom. The molecule has 1 heteroatoms. The first-order valence-corrected chi connectivity index (χ1v) is 6.13. The molecule has 0 atom stereocenters. The maximum Gasteiger partial charge on any atom is 0.0696 e. The lowest BCUT2D eigenvalue weighted by Crippen LogP contribution is -2.19. The van der Waals surface area contributed by atoms with E-state index in [-0.39, 0.29) is 5.41 Å². The molecule has 16 heavy (non-hydrogen) atoms. The Balaban J connectivity index is 2.14. The molecule has 1 aromatic carbocycles. The lowest BCUT2D eigenvalue weighted by Gasteiger charge is -2.21. The molecule has 0 saturated carbocycles. The van der Waals surface area contributed by atoms with Gasteiger partial charge in [-0.3, -0.25) is 0 Å². The largest absolute Gasteiger partial charge is 0.198 e. The monoisotopic (exact) mass is 213 g/mol. The Labute approximate surface area is 98.1 Å². The fraction of sp³-hybridized carbons (Fsp3) is 0.533. The number of hydrogen-bond donors (Lipinski definition) is 0. The third-order valence-electron chi connectivity index (χ3n) is 3.61. The molecular weight excluding hydrogens is 194 g/mol. The zero-order valence-corrected chi connectivity index (χ0v) is 10.2. The highest BCUT2D eigenvalue weighted by Gasteiger charge is 2.36. The van der Waals surface area contributed by atoms with Gasteiger partial charge in [0, 0.05) is 0 Å². The average Bonchev–Trinajstić information content (AvgIpc) is 2.65. The van der Waals surface area contributed by atoms with Gasteiger partial charge < -0.3 is 0 Å². The minimum absolute atomic E-state index is 0.117. The van der Waals surface area contributed by atoms with E-state index in [1.54, 1.807) is 0 Å². The molecule has 0 heterocycles. The second kappa shape index (κ2) is 4.29. The van der Waals surface area contributed by atoms with Gasteiger partial charge in [0.2, 0.25) is 0 Å². The highest BCUT2D eigenvalue weighted by Crippen LogP contribution is 2.40. The van der Waals surface area contributed by atoms with Crippen molar-refractivity contribution in [3.63, 3.8) is 0 Å². The second-order valence-electron chi connectivity index (χ2n) is 5.45. The summed E-state index contributed by atoms with van der Waals surface area (Å²) in [6.07, 6.45) is 4.09. The van der Waals surface area contributed by atoms with E-state index in [0.717, 1.165) is 25.7 Å². The smallest absolute Gasteiger partial charge is 0.0696 e. The van der Waals surface area contributed by atoms with E-state index < -0.39 is 0 Å². The predicted octanol–water partition coefficient (Wildman–Crippen LogP) is 3.73. The van der Waals surface area contributed by atoms with Crippen LogP contribution in [0.1, 0.15) is 37.8 Å². The van der Waals surface area contributed by atoms with Crippen LogP contribution in [0, 0.1) is 22.7 Å². The first-order chi connectivity index (χ1) is 7.65. The summed E-state index contributed by atoms with van der Waals surface area (Å²) in [7, 11) is 0. The van der Waals surface area contributed by atoms with Gasteiger partial charge >= 0.3 is 0 Å². The SMILES string of the molecule is CC(C)CCC1(C#N)Cc2ccccc2C1. The summed E-state index contributed by atoms with van der Waals surface area (Å²) in [5.41, 5.74) is 2.65. The van der Waals surface area contributed by atoms with Gasteiger partial charge in [0.05, 0.1) is 11.5 Å². The third-order valence-corrected chi connectivity index (χ3v) is 3.61. The standard InChI is InChI=1S/C15H19N/c1-12(2)7-8-15(11-16)9-13-5-3-4-6-14(13)10-15/h3-6,12H,7-10H2,1-2H3. The molecule has 84 valence electrons. The summed E-state index contributed by atoms with van der Waals surface area (Å²) in [5, 5.41) is 9.45. The van der Waals surface area contributed by atoms with E-state index in [1.807, 2.05) is 0 Å². The van der Waals surface area contributed by atoms with Gasteiger partial charge in [-0.15, -0.1) is 0 Å². The number of benzene rings is 1. The summed E-state index contributed by atoms with van der Waals surface area (Å²) >= 11 is 0. The fourth-order valence-electron chi connectivity index (χ4n) is 2.57. The van der Waals surface area contributed by atoms with Crippen molar-refractivity contribution in [2.45, 2.75) is 39.5 Å². The summed E-state index contributed by atoms with van der Waals surface area (Å²) in [4.78, 5) is 0. The quantitative estimate of drug-likeness (QED) is 0.750. The van der Waals surface area contributed by atoms with Crippen molar-refractivity contribution in [3.05, 3.63) is 35.4 Å². The van der Waals surface area contributed by atoms with Crippen molar-refractivity contribution in [3.8, 4) is 6.07 Å². The van der Waals surface area contributed by atoms with E-state index in [2.05, 4.69) is 44.2 Å². The van der Waals surface area contributed by atoms with Crippen molar-refractivity contribution in [1.82, 2.24) is 0 Å². The van der Waals surface area contributed by atoms with Crippen molar-refractivity contribution >= 4 is 0 Å². The van der Waals surface area contributed by atoms with Crippen LogP contribution in [0.15, 0.2) is 24.3 Å². The predicted molar refractivity (Wildman–Crippen MR) is 66.0 cm³/mol. The minimum atomic E-state index is -0.117. The van der Waals surface area contributed by atoms with Crippen LogP contribution in [0.3, 0.4) is 0 Å². The van der Waals surface area contributed by atoms with Crippen LogP contribution in [-0.2, 0) is 12.8 Å². The summed E-state index contributed by atoms with van der Waals surface area (Å²) in [6.45, 7) is 4.46. The fourth-order valence-corrected chi connectivity index (χ4v) is 2.57. The van der Waals surface area contributed by atoms with E-state index >= 15 is 0 Å². The highest BCUT2D eigenvalue weighted by atomic mass is 14.4. The van der Waals surface area contributed by atoms with Crippen LogP contribution < -0.4 is 0 Å². The van der Waals surface area contributed by atoms with Crippen molar-refractivity contribution in [1.29, 1.82) is 5.26 Å². The molecule has 0 radical (unpaired) electrons. The molecule has 0 amide bonds. The lowest BCUT2D eigenvalue weighted by molar-refractivity contribution is 0.345. The Hall–Kier alpha value is -1.29. The van der Waals surface area contributed by atoms with Crippen LogP contribution >= 0.6 is 0 Å². The Morgan fingerprint density at radius 1 is 1.25 bits per heavy atom. The molecule has 1 aromatic rings. The summed E-state index contributed by atoms with van der Waals surface area (Å²) in [6, 6.07) is 11.1. The van der Waals surface area contributed by atoms with Crippen molar-refractivity contribution < 1.29 is 0 Å². The van der Waals surface area contributed by atoms with E-state index in [4.69, 9.17) is 0 Å². The molecule has 1 nitrogen and oxygen atoms in total. The average molecular weight is 213 g/mol. The number of rotatable bonds is 3. The highest BCUT2D eigenvalue weighted by molar-refractivity contribution is 5.36. The molecular formula is C15H19N. The van der Waals surface area contributed by atoms with Gasteiger partial charge in [-0.25, -0.2) is 0 Å². The van der Waals surface area contributed by atoms with Gasteiger partial charge in [-0.2, -0.15) is 5.26 Å².